The minimum absolute atomic E-state index is 0. The van der Waals surface area contributed by atoms with Crippen LogP contribution in [-0.2, 0) is 0 Å². The lowest BCUT2D eigenvalue weighted by molar-refractivity contribution is 0.346. The fourth-order valence-electron chi connectivity index (χ4n) is 0.947. The monoisotopic (exact) mass is 219 g/mol. The summed E-state index contributed by atoms with van der Waals surface area (Å²) in [6.45, 7) is 10.2. The van der Waals surface area contributed by atoms with Crippen molar-refractivity contribution in [2.75, 3.05) is 6.54 Å². The van der Waals surface area contributed by atoms with Gasteiger partial charge in [-0.3, -0.25) is 0 Å². The van der Waals surface area contributed by atoms with Gasteiger partial charge in [0.15, 0.2) is 0 Å². The number of nitrogens with two attached hydrogens (primary N) is 1. The molecule has 0 spiro atoms. The van der Waals surface area contributed by atoms with Gasteiger partial charge in [0.05, 0.1) is 0 Å². The van der Waals surface area contributed by atoms with Gasteiger partial charge in [0, 0.05) is 0 Å². The van der Waals surface area contributed by atoms with Crippen molar-refractivity contribution in [2.45, 2.75) is 19.8 Å². The highest BCUT2D eigenvalue weighted by molar-refractivity contribution is 8.93. The molecule has 0 aromatic heterocycles. The van der Waals surface area contributed by atoms with E-state index in [0.29, 0.717) is 6.54 Å². The maximum atomic E-state index is 5.58. The summed E-state index contributed by atoms with van der Waals surface area (Å²) < 4.78 is 0. The van der Waals surface area contributed by atoms with Gasteiger partial charge in [0.25, 0.3) is 0 Å². The fourth-order valence-corrected chi connectivity index (χ4v) is 0.947. The summed E-state index contributed by atoms with van der Waals surface area (Å²) >= 11 is 0. The lowest BCUT2D eigenvalue weighted by atomic mass is 9.84. The molecule has 0 aromatic carbocycles. The predicted molar refractivity (Wildman–Crippen MR) is 57.1 cm³/mol. The van der Waals surface area contributed by atoms with E-state index >= 15 is 0 Å². The molecule has 0 aromatic rings. The Morgan fingerprint density at radius 1 is 1.27 bits per heavy atom. The summed E-state index contributed by atoms with van der Waals surface area (Å²) in [7, 11) is 0. The van der Waals surface area contributed by atoms with E-state index in [2.05, 4.69) is 20.1 Å². The first-order chi connectivity index (χ1) is 4.68. The third-order valence-corrected chi connectivity index (χ3v) is 1.77. The van der Waals surface area contributed by atoms with Gasteiger partial charge in [-0.1, -0.05) is 19.1 Å². The van der Waals surface area contributed by atoms with Gasteiger partial charge in [-0.25, -0.2) is 0 Å². The minimum Gasteiger partial charge on any atom is -0.330 e. The largest absolute Gasteiger partial charge is 0.330 e. The molecule has 1 nitrogen and oxygen atoms in total. The molecule has 0 atom stereocenters. The van der Waals surface area contributed by atoms with Crippen molar-refractivity contribution in [2.24, 2.45) is 11.1 Å². The summed E-state index contributed by atoms with van der Waals surface area (Å²) in [6, 6.07) is 0. The van der Waals surface area contributed by atoms with Gasteiger partial charge in [-0.15, -0.1) is 30.1 Å². The quantitative estimate of drug-likeness (QED) is 0.708. The molecule has 0 heterocycles. The van der Waals surface area contributed by atoms with Crippen LogP contribution in [0.3, 0.4) is 0 Å². The van der Waals surface area contributed by atoms with Crippen LogP contribution in [0.15, 0.2) is 25.3 Å². The molecule has 0 saturated heterocycles. The maximum absolute atomic E-state index is 5.58. The van der Waals surface area contributed by atoms with Crippen molar-refractivity contribution in [3.8, 4) is 0 Å². The number of halogens is 1. The molecule has 0 aliphatic carbocycles. The zero-order valence-corrected chi connectivity index (χ0v) is 8.89. The predicted octanol–water partition coefficient (Wildman–Crippen LogP) is 2.68. The van der Waals surface area contributed by atoms with Crippen molar-refractivity contribution in [3.63, 3.8) is 0 Å². The molecule has 11 heavy (non-hydrogen) atoms. The van der Waals surface area contributed by atoms with Crippen LogP contribution in [0.25, 0.3) is 0 Å². The normalized spacial score (nSPS) is 10.0. The molecule has 0 saturated carbocycles. The van der Waals surface area contributed by atoms with Crippen molar-refractivity contribution in [1.82, 2.24) is 0 Å². The minimum atomic E-state index is 0. The Hall–Kier alpha value is -0.0800. The standard InChI is InChI=1S/C9H17N.BrH/c1-4-6-9(3,8-10)7-5-2;/h4-5H,1-2,6-8,10H2,3H3;1H. The second kappa shape index (κ2) is 6.62. The molecular formula is C9H18BrN. The van der Waals surface area contributed by atoms with Gasteiger partial charge >= 0.3 is 0 Å². The first kappa shape index (κ1) is 13.5. The first-order valence-corrected chi connectivity index (χ1v) is 3.60. The molecule has 0 bridgehead atoms. The van der Waals surface area contributed by atoms with Crippen LogP contribution in [0.4, 0.5) is 0 Å². The van der Waals surface area contributed by atoms with E-state index in [0.717, 1.165) is 12.8 Å². The molecule has 2 heteroatoms. The third-order valence-electron chi connectivity index (χ3n) is 1.77. The van der Waals surface area contributed by atoms with Crippen LogP contribution in [0.2, 0.25) is 0 Å². The summed E-state index contributed by atoms with van der Waals surface area (Å²) in [5.41, 5.74) is 5.77. The fraction of sp³-hybridized carbons (Fsp3) is 0.556. The van der Waals surface area contributed by atoms with Gasteiger partial charge in [-0.2, -0.15) is 0 Å². The topological polar surface area (TPSA) is 26.0 Å². The van der Waals surface area contributed by atoms with Gasteiger partial charge in [0.2, 0.25) is 0 Å². The summed E-state index contributed by atoms with van der Waals surface area (Å²) in [6.07, 6.45) is 5.76. The number of hydrogen-bond donors (Lipinski definition) is 1. The average molecular weight is 220 g/mol. The summed E-state index contributed by atoms with van der Waals surface area (Å²) in [4.78, 5) is 0. The van der Waals surface area contributed by atoms with E-state index in [9.17, 15) is 0 Å². The molecule has 0 amide bonds. The molecule has 66 valence electrons. The first-order valence-electron chi connectivity index (χ1n) is 3.60. The molecule has 0 aliphatic rings. The van der Waals surface area contributed by atoms with Crippen LogP contribution in [-0.4, -0.2) is 6.54 Å². The van der Waals surface area contributed by atoms with Crippen LogP contribution in [0.5, 0.6) is 0 Å². The molecule has 0 aliphatic heterocycles. The van der Waals surface area contributed by atoms with Crippen molar-refractivity contribution in [3.05, 3.63) is 25.3 Å². The Balaban J connectivity index is 0. The third kappa shape index (κ3) is 5.22. The van der Waals surface area contributed by atoms with Crippen molar-refractivity contribution >= 4 is 17.0 Å². The number of hydrogen-bond acceptors (Lipinski definition) is 1. The van der Waals surface area contributed by atoms with E-state index in [1.54, 1.807) is 0 Å². The zero-order valence-electron chi connectivity index (χ0n) is 7.18. The Kier molecular flexibility index (Phi) is 8.13. The molecule has 2 N–H and O–H groups in total. The molecule has 0 fully saturated rings. The molecular weight excluding hydrogens is 202 g/mol. The smallest absolute Gasteiger partial charge is 0.00172 e. The van der Waals surface area contributed by atoms with Crippen molar-refractivity contribution < 1.29 is 0 Å². The number of rotatable bonds is 5. The molecule has 0 unspecified atom stereocenters. The van der Waals surface area contributed by atoms with Gasteiger partial charge in [0.1, 0.15) is 0 Å². The molecule has 0 radical (unpaired) electrons. The van der Waals surface area contributed by atoms with E-state index in [1.165, 1.54) is 0 Å². The summed E-state index contributed by atoms with van der Waals surface area (Å²) in [5.74, 6) is 0. The van der Waals surface area contributed by atoms with E-state index in [1.807, 2.05) is 12.2 Å². The van der Waals surface area contributed by atoms with E-state index in [4.69, 9.17) is 5.73 Å². The van der Waals surface area contributed by atoms with Crippen LogP contribution >= 0.6 is 17.0 Å². The van der Waals surface area contributed by atoms with E-state index < -0.39 is 0 Å². The lowest BCUT2D eigenvalue weighted by Crippen LogP contribution is -2.25. The van der Waals surface area contributed by atoms with Crippen molar-refractivity contribution in [1.29, 1.82) is 0 Å². The Morgan fingerprint density at radius 2 is 1.64 bits per heavy atom. The number of allylic oxidation sites excluding steroid dienone is 2. The second-order valence-electron chi connectivity index (χ2n) is 3.00. The van der Waals surface area contributed by atoms with Crippen LogP contribution in [0.1, 0.15) is 19.8 Å². The van der Waals surface area contributed by atoms with E-state index in [-0.39, 0.29) is 22.4 Å². The Labute approximate surface area is 80.1 Å². The van der Waals surface area contributed by atoms with Gasteiger partial charge < -0.3 is 5.73 Å². The maximum Gasteiger partial charge on any atom is -0.00172 e. The molecule has 0 rings (SSSR count). The highest BCUT2D eigenvalue weighted by atomic mass is 79.9. The second-order valence-corrected chi connectivity index (χ2v) is 3.00. The van der Waals surface area contributed by atoms with Crippen LogP contribution < -0.4 is 5.73 Å². The average Bonchev–Trinajstić information content (AvgIpc) is 1.89. The zero-order chi connectivity index (χ0) is 8.04. The Bertz CT molecular complexity index is 111. The highest BCUT2D eigenvalue weighted by Crippen LogP contribution is 2.24. The Morgan fingerprint density at radius 3 is 1.82 bits per heavy atom. The SMILES string of the molecule is Br.C=CCC(C)(CN)CC=C. The lowest BCUT2D eigenvalue weighted by Gasteiger charge is -2.24. The van der Waals surface area contributed by atoms with Crippen LogP contribution in [0, 0.1) is 5.41 Å². The van der Waals surface area contributed by atoms with Gasteiger partial charge in [-0.05, 0) is 24.8 Å². The summed E-state index contributed by atoms with van der Waals surface area (Å²) in [5, 5.41) is 0. The highest BCUT2D eigenvalue weighted by Gasteiger charge is 2.17.